The molecule has 0 saturated heterocycles. The van der Waals surface area contributed by atoms with Crippen molar-refractivity contribution in [2.75, 3.05) is 0 Å². The average molecular weight is 199 g/mol. The van der Waals surface area contributed by atoms with Gasteiger partial charge in [0.15, 0.2) is 0 Å². The second-order valence-electron chi connectivity index (χ2n) is 1.91. The fourth-order valence-electron chi connectivity index (χ4n) is 0.805. The van der Waals surface area contributed by atoms with Crippen LogP contribution in [0.5, 0.6) is 0 Å². The van der Waals surface area contributed by atoms with Gasteiger partial charge in [-0.25, -0.2) is 0 Å². The molecule has 0 aliphatic carbocycles. The van der Waals surface area contributed by atoms with Gasteiger partial charge < -0.3 is 0 Å². The summed E-state index contributed by atoms with van der Waals surface area (Å²) in [4.78, 5) is 14.9. The Morgan fingerprint density at radius 3 is 3.30 bits per heavy atom. The maximum atomic E-state index is 10.9. The van der Waals surface area contributed by atoms with Crippen LogP contribution in [0.1, 0.15) is 0 Å². The van der Waals surface area contributed by atoms with E-state index in [9.17, 15) is 4.79 Å². The van der Waals surface area contributed by atoms with Crippen LogP contribution in [-0.4, -0.2) is 23.7 Å². The summed E-state index contributed by atoms with van der Waals surface area (Å²) >= 11 is 0.112. The summed E-state index contributed by atoms with van der Waals surface area (Å²) in [7, 11) is 0. The molecule has 0 spiro atoms. The normalized spacial score (nSPS) is 10.4. The molecule has 0 aliphatic heterocycles. The van der Waals surface area contributed by atoms with E-state index in [2.05, 4.69) is 8.96 Å². The first-order valence-electron chi connectivity index (χ1n) is 2.79. The number of fused-ring (bicyclic) bond motifs is 1. The van der Waals surface area contributed by atoms with Gasteiger partial charge in [0.2, 0.25) is 0 Å². The summed E-state index contributed by atoms with van der Waals surface area (Å²) in [5.74, 6) is 0. The van der Waals surface area contributed by atoms with E-state index < -0.39 is 0 Å². The number of hydrogen-bond acceptors (Lipinski definition) is 2. The van der Waals surface area contributed by atoms with Crippen molar-refractivity contribution >= 4 is 24.4 Å². The molecule has 2 heterocycles. The van der Waals surface area contributed by atoms with E-state index in [1.165, 1.54) is 0 Å². The van der Waals surface area contributed by atoms with Crippen molar-refractivity contribution in [1.29, 1.82) is 0 Å². The predicted molar refractivity (Wildman–Crippen MR) is 39.3 cm³/mol. The molecule has 2 rings (SSSR count). The first-order valence-corrected chi connectivity index (χ1v) is 4.50. The van der Waals surface area contributed by atoms with E-state index in [0.29, 0.717) is 0 Å². The van der Waals surface area contributed by atoms with E-state index in [1.54, 1.807) is 18.5 Å². The molecule has 2 aromatic rings. The van der Waals surface area contributed by atoms with Gasteiger partial charge in [-0.1, -0.05) is 0 Å². The van der Waals surface area contributed by atoms with Gasteiger partial charge in [0, 0.05) is 0 Å². The number of H-pyrrole nitrogens is 1. The molecule has 0 unspecified atom stereocenters. The molecular formula is C6H4N2OSe. The first kappa shape index (κ1) is 5.89. The van der Waals surface area contributed by atoms with Crippen LogP contribution in [0.25, 0.3) is 9.65 Å². The van der Waals surface area contributed by atoms with Crippen molar-refractivity contribution in [1.82, 2.24) is 8.96 Å². The standard InChI is InChI=1S/C6H4N2OSe/c9-6-4-1-2-7-3-5(4)10-8-6/h1-3H,(H,8,9). The van der Waals surface area contributed by atoms with Gasteiger partial charge in [-0.15, -0.1) is 0 Å². The molecule has 0 bridgehead atoms. The van der Waals surface area contributed by atoms with E-state index in [-0.39, 0.29) is 20.3 Å². The molecule has 1 N–H and O–H groups in total. The van der Waals surface area contributed by atoms with Gasteiger partial charge in [-0.2, -0.15) is 0 Å². The Labute approximate surface area is 62.7 Å². The van der Waals surface area contributed by atoms with Crippen molar-refractivity contribution in [2.45, 2.75) is 0 Å². The van der Waals surface area contributed by atoms with E-state index in [0.717, 1.165) is 9.65 Å². The summed E-state index contributed by atoms with van der Waals surface area (Å²) in [6.45, 7) is 0. The third-order valence-electron chi connectivity index (χ3n) is 1.28. The van der Waals surface area contributed by atoms with Gasteiger partial charge in [-0.05, 0) is 0 Å². The van der Waals surface area contributed by atoms with E-state index >= 15 is 0 Å². The second kappa shape index (κ2) is 2.08. The number of rotatable bonds is 0. The van der Waals surface area contributed by atoms with Crippen molar-refractivity contribution in [2.24, 2.45) is 0 Å². The van der Waals surface area contributed by atoms with Crippen LogP contribution in [0.2, 0.25) is 0 Å². The van der Waals surface area contributed by atoms with E-state index in [1.807, 2.05) is 0 Å². The zero-order valence-electron chi connectivity index (χ0n) is 5.00. The van der Waals surface area contributed by atoms with Gasteiger partial charge in [-0.3, -0.25) is 0 Å². The van der Waals surface area contributed by atoms with Crippen molar-refractivity contribution in [3.8, 4) is 0 Å². The van der Waals surface area contributed by atoms with E-state index in [4.69, 9.17) is 0 Å². The van der Waals surface area contributed by atoms with Crippen LogP contribution in [0.3, 0.4) is 0 Å². The topological polar surface area (TPSA) is 45.8 Å². The third-order valence-corrected chi connectivity index (χ3v) is 3.03. The monoisotopic (exact) mass is 200 g/mol. The molecular weight excluding hydrogens is 195 g/mol. The minimum absolute atomic E-state index is 0.0393. The van der Waals surface area contributed by atoms with Gasteiger partial charge in [0.1, 0.15) is 0 Å². The van der Waals surface area contributed by atoms with Gasteiger partial charge in [0.05, 0.1) is 0 Å². The zero-order chi connectivity index (χ0) is 6.97. The summed E-state index contributed by atoms with van der Waals surface area (Å²) < 4.78 is 3.82. The Balaban J connectivity index is 3.07. The van der Waals surface area contributed by atoms with Crippen LogP contribution in [0.15, 0.2) is 23.3 Å². The maximum absolute atomic E-state index is 10.9. The number of nitrogens with one attached hydrogen (secondary N) is 1. The molecule has 0 radical (unpaired) electrons. The van der Waals surface area contributed by atoms with Crippen LogP contribution in [-0.2, 0) is 0 Å². The quantitative estimate of drug-likeness (QED) is 0.606. The number of aromatic nitrogens is 2. The van der Waals surface area contributed by atoms with Crippen molar-refractivity contribution < 1.29 is 0 Å². The number of pyridine rings is 1. The number of nitrogens with zero attached hydrogens (tertiary/aromatic N) is 1. The van der Waals surface area contributed by atoms with Crippen molar-refractivity contribution in [3.63, 3.8) is 0 Å². The SMILES string of the molecule is O=c1[nH][se]c2cnccc12. The van der Waals surface area contributed by atoms with Crippen LogP contribution >= 0.6 is 0 Å². The van der Waals surface area contributed by atoms with Crippen LogP contribution in [0, 0.1) is 0 Å². The summed E-state index contributed by atoms with van der Waals surface area (Å²) in [5, 5.41) is 0.787. The van der Waals surface area contributed by atoms with Gasteiger partial charge in [0.25, 0.3) is 0 Å². The zero-order valence-corrected chi connectivity index (χ0v) is 6.71. The van der Waals surface area contributed by atoms with Crippen molar-refractivity contribution in [3.05, 3.63) is 28.8 Å². The Bertz CT molecular complexity index is 403. The molecule has 0 amide bonds. The van der Waals surface area contributed by atoms with Crippen LogP contribution in [0.4, 0.5) is 0 Å². The fourth-order valence-corrected chi connectivity index (χ4v) is 2.27. The Kier molecular flexibility index (Phi) is 1.22. The molecule has 0 fully saturated rings. The molecule has 3 nitrogen and oxygen atoms in total. The number of hydrogen-bond donors (Lipinski definition) is 1. The molecule has 10 heavy (non-hydrogen) atoms. The average Bonchev–Trinajstić information content (AvgIpc) is 2.34. The molecule has 0 atom stereocenters. The Hall–Kier alpha value is -0.861. The molecule has 4 heteroatoms. The third kappa shape index (κ3) is 0.735. The first-order chi connectivity index (χ1) is 4.88. The summed E-state index contributed by atoms with van der Waals surface area (Å²) in [6, 6.07) is 1.75. The van der Waals surface area contributed by atoms with Crippen LogP contribution < -0.4 is 5.56 Å². The summed E-state index contributed by atoms with van der Waals surface area (Å²) in [6.07, 6.45) is 3.38. The van der Waals surface area contributed by atoms with Gasteiger partial charge >= 0.3 is 62.2 Å². The fraction of sp³-hybridized carbons (Fsp3) is 0. The molecule has 0 saturated carbocycles. The minimum atomic E-state index is 0.0393. The summed E-state index contributed by atoms with van der Waals surface area (Å²) in [5.41, 5.74) is 0.0393. The Morgan fingerprint density at radius 1 is 1.60 bits per heavy atom. The molecule has 0 aromatic carbocycles. The molecule has 2 aromatic heterocycles. The molecule has 50 valence electrons. The predicted octanol–water partition coefficient (Wildman–Crippen LogP) is -0.0199. The Morgan fingerprint density at radius 2 is 2.50 bits per heavy atom. The second-order valence-corrected chi connectivity index (χ2v) is 3.68. The molecule has 0 aliphatic rings. The number of aromatic amines is 1.